The predicted octanol–water partition coefficient (Wildman–Crippen LogP) is 4.10. The number of rotatable bonds is 6. The summed E-state index contributed by atoms with van der Waals surface area (Å²) in [5, 5.41) is 3.19. The molecule has 1 amide bonds. The molecule has 2 aliphatic heterocycles. The third kappa shape index (κ3) is 4.79. The van der Waals surface area contributed by atoms with Crippen LogP contribution in [0, 0.1) is 13.8 Å². The van der Waals surface area contributed by atoms with Crippen LogP contribution in [0.2, 0.25) is 0 Å². The zero-order valence-electron chi connectivity index (χ0n) is 22.4. The van der Waals surface area contributed by atoms with Gasteiger partial charge in [-0.2, -0.15) is 0 Å². The van der Waals surface area contributed by atoms with Crippen molar-refractivity contribution in [3.8, 4) is 11.5 Å². The minimum absolute atomic E-state index is 0.00475. The molecular weight excluding hydrogens is 510 g/mol. The second-order valence-corrected chi connectivity index (χ2v) is 9.97. The fourth-order valence-electron chi connectivity index (χ4n) is 5.03. The van der Waals surface area contributed by atoms with E-state index in [4.69, 9.17) is 32.8 Å². The molecule has 5 rings (SSSR count). The molecule has 3 heterocycles. The number of ether oxygens (including phenoxy) is 6. The zero-order valence-corrected chi connectivity index (χ0v) is 22.4. The van der Waals surface area contributed by atoms with Gasteiger partial charge in [0, 0.05) is 23.6 Å². The number of methoxy groups -OCH3 is 2. The second kappa shape index (κ2) is 9.90. The van der Waals surface area contributed by atoms with Crippen LogP contribution in [-0.2, 0) is 18.9 Å². The summed E-state index contributed by atoms with van der Waals surface area (Å²) in [6.45, 7) is 7.14. The number of aryl methyl sites for hydroxylation is 2. The third-order valence-electron chi connectivity index (χ3n) is 6.96. The number of nitrogens with one attached hydrogen (secondary N) is 1. The van der Waals surface area contributed by atoms with Crippen LogP contribution in [-0.4, -0.2) is 56.5 Å². The molecule has 2 saturated heterocycles. The Labute approximate surface area is 223 Å². The molecule has 11 heteroatoms. The van der Waals surface area contributed by atoms with Crippen LogP contribution in [0.4, 0.5) is 10.5 Å². The highest BCUT2D eigenvalue weighted by Crippen LogP contribution is 2.39. The van der Waals surface area contributed by atoms with E-state index in [0.29, 0.717) is 28.0 Å². The lowest BCUT2D eigenvalue weighted by atomic mass is 9.89. The smallest absolute Gasteiger partial charge is 0.496 e. The van der Waals surface area contributed by atoms with E-state index in [2.05, 4.69) is 5.32 Å². The summed E-state index contributed by atoms with van der Waals surface area (Å²) in [5.41, 5.74) is 0.358. The standard InChI is InChI=1S/C28H29NO10/c1-13-11-16(8-9-18(13)33-5)24(30)29-17-12-15-7-10-19(14(2)20(15)36-25(17)31)35-26-22-21(37-27(32)38-22)23(34-6)28(3,4)39-26/h7-12,21-23,26H,1-6H3,(H,29,30). The topological polar surface area (TPSA) is 132 Å². The highest BCUT2D eigenvalue weighted by molar-refractivity contribution is 6.05. The summed E-state index contributed by atoms with van der Waals surface area (Å²) in [6.07, 6.45) is -3.99. The maximum atomic E-state index is 12.8. The van der Waals surface area contributed by atoms with Crippen molar-refractivity contribution in [3.05, 3.63) is 63.5 Å². The Hall–Kier alpha value is -4.09. The van der Waals surface area contributed by atoms with Gasteiger partial charge in [0.25, 0.3) is 5.91 Å². The summed E-state index contributed by atoms with van der Waals surface area (Å²) < 4.78 is 39.2. The van der Waals surface area contributed by atoms with Gasteiger partial charge in [0.2, 0.25) is 12.4 Å². The number of carbonyl (C=O) groups is 2. The Kier molecular flexibility index (Phi) is 6.73. The molecule has 11 nitrogen and oxygen atoms in total. The minimum Gasteiger partial charge on any atom is -0.496 e. The van der Waals surface area contributed by atoms with Crippen molar-refractivity contribution < 1.29 is 42.4 Å². The highest BCUT2D eigenvalue weighted by atomic mass is 16.8. The van der Waals surface area contributed by atoms with Gasteiger partial charge in [-0.15, -0.1) is 0 Å². The van der Waals surface area contributed by atoms with E-state index in [0.717, 1.165) is 5.56 Å². The van der Waals surface area contributed by atoms with Gasteiger partial charge >= 0.3 is 11.8 Å². The number of benzene rings is 2. The molecule has 0 saturated carbocycles. The molecule has 1 N–H and O–H groups in total. The quantitative estimate of drug-likeness (QED) is 0.361. The summed E-state index contributed by atoms with van der Waals surface area (Å²) in [6, 6.07) is 9.88. The average molecular weight is 540 g/mol. The highest BCUT2D eigenvalue weighted by Gasteiger charge is 2.59. The van der Waals surface area contributed by atoms with Gasteiger partial charge in [0.05, 0.1) is 12.7 Å². The molecule has 0 bridgehead atoms. The molecule has 2 aliphatic rings. The zero-order chi connectivity index (χ0) is 28.1. The van der Waals surface area contributed by atoms with Crippen molar-refractivity contribution in [2.24, 2.45) is 0 Å². The van der Waals surface area contributed by atoms with Crippen molar-refractivity contribution in [1.82, 2.24) is 0 Å². The van der Waals surface area contributed by atoms with E-state index in [9.17, 15) is 14.4 Å². The van der Waals surface area contributed by atoms with Crippen molar-refractivity contribution in [3.63, 3.8) is 0 Å². The Balaban J connectivity index is 1.40. The van der Waals surface area contributed by atoms with E-state index < -0.39 is 47.9 Å². The monoisotopic (exact) mass is 539 g/mol. The Bertz CT molecular complexity index is 1510. The van der Waals surface area contributed by atoms with Gasteiger partial charge in [-0.3, -0.25) is 4.79 Å². The van der Waals surface area contributed by atoms with E-state index in [1.54, 1.807) is 58.2 Å². The van der Waals surface area contributed by atoms with Gasteiger partial charge in [0.1, 0.15) is 28.9 Å². The van der Waals surface area contributed by atoms with Crippen LogP contribution in [0.15, 0.2) is 45.6 Å². The van der Waals surface area contributed by atoms with Crippen LogP contribution in [0.1, 0.15) is 35.3 Å². The van der Waals surface area contributed by atoms with E-state index in [-0.39, 0.29) is 11.3 Å². The first-order chi connectivity index (χ1) is 18.5. The lowest BCUT2D eigenvalue weighted by molar-refractivity contribution is -0.282. The molecule has 0 radical (unpaired) electrons. The Morgan fingerprint density at radius 1 is 0.974 bits per heavy atom. The molecule has 3 aromatic rings. The van der Waals surface area contributed by atoms with Gasteiger partial charge < -0.3 is 38.2 Å². The van der Waals surface area contributed by atoms with Crippen molar-refractivity contribution in [2.75, 3.05) is 19.5 Å². The summed E-state index contributed by atoms with van der Waals surface area (Å²) in [4.78, 5) is 37.5. The van der Waals surface area contributed by atoms with Crippen LogP contribution in [0.3, 0.4) is 0 Å². The molecule has 4 unspecified atom stereocenters. The van der Waals surface area contributed by atoms with Crippen LogP contribution < -0.4 is 20.4 Å². The largest absolute Gasteiger partial charge is 0.509 e. The number of anilines is 1. The molecule has 0 spiro atoms. The van der Waals surface area contributed by atoms with Gasteiger partial charge in [0.15, 0.2) is 6.10 Å². The molecule has 206 valence electrons. The molecule has 4 atom stereocenters. The van der Waals surface area contributed by atoms with Gasteiger partial charge in [-0.1, -0.05) is 0 Å². The fourth-order valence-corrected chi connectivity index (χ4v) is 5.03. The molecule has 39 heavy (non-hydrogen) atoms. The maximum Gasteiger partial charge on any atom is 0.509 e. The average Bonchev–Trinajstić information content (AvgIpc) is 3.27. The normalized spacial score (nSPS) is 23.5. The Morgan fingerprint density at radius 3 is 2.38 bits per heavy atom. The van der Waals surface area contributed by atoms with E-state index in [1.807, 2.05) is 6.92 Å². The first kappa shape index (κ1) is 26.5. The summed E-state index contributed by atoms with van der Waals surface area (Å²) >= 11 is 0. The number of amides is 1. The van der Waals surface area contributed by atoms with Crippen LogP contribution in [0.25, 0.3) is 11.0 Å². The minimum atomic E-state index is -1.00. The van der Waals surface area contributed by atoms with Crippen molar-refractivity contribution in [1.29, 1.82) is 0 Å². The molecule has 2 aromatic carbocycles. The number of fused-ring (bicyclic) bond motifs is 2. The molecular formula is C28H29NO10. The molecule has 2 fully saturated rings. The van der Waals surface area contributed by atoms with Crippen LogP contribution in [0.5, 0.6) is 11.5 Å². The van der Waals surface area contributed by atoms with Crippen molar-refractivity contribution in [2.45, 2.75) is 57.9 Å². The number of carbonyl (C=O) groups excluding carboxylic acids is 2. The van der Waals surface area contributed by atoms with Crippen molar-refractivity contribution >= 4 is 28.7 Å². The van der Waals surface area contributed by atoms with Gasteiger partial charge in [-0.05, 0) is 69.7 Å². The summed E-state index contributed by atoms with van der Waals surface area (Å²) in [7, 11) is 3.05. The van der Waals surface area contributed by atoms with E-state index in [1.165, 1.54) is 13.2 Å². The molecule has 0 aliphatic carbocycles. The fraction of sp³-hybridized carbons (Fsp3) is 0.393. The first-order valence-electron chi connectivity index (χ1n) is 12.3. The second-order valence-electron chi connectivity index (χ2n) is 9.97. The lowest BCUT2D eigenvalue weighted by Crippen LogP contribution is -2.62. The Morgan fingerprint density at radius 2 is 1.69 bits per heavy atom. The number of hydrogen-bond acceptors (Lipinski definition) is 10. The van der Waals surface area contributed by atoms with Crippen LogP contribution >= 0.6 is 0 Å². The number of hydrogen-bond donors (Lipinski definition) is 1. The SMILES string of the molecule is COc1ccc(C(=O)Nc2cc3ccc(OC4OC(C)(C)C(OC)C5OC(=O)OC45)c(C)c3oc2=O)cc1C. The lowest BCUT2D eigenvalue weighted by Gasteiger charge is -2.45. The third-order valence-corrected chi connectivity index (χ3v) is 6.96. The maximum absolute atomic E-state index is 12.8. The van der Waals surface area contributed by atoms with E-state index >= 15 is 0 Å². The summed E-state index contributed by atoms with van der Waals surface area (Å²) in [5.74, 6) is 0.549. The predicted molar refractivity (Wildman–Crippen MR) is 138 cm³/mol. The van der Waals surface area contributed by atoms with Gasteiger partial charge in [-0.25, -0.2) is 9.59 Å². The molecule has 1 aromatic heterocycles. The first-order valence-corrected chi connectivity index (χ1v) is 12.3.